The molecule has 0 bridgehead atoms. The smallest absolute Gasteiger partial charge is 0.407 e. The molecule has 2 aromatic rings. The van der Waals surface area contributed by atoms with E-state index in [0.29, 0.717) is 55.3 Å². The summed E-state index contributed by atoms with van der Waals surface area (Å²) in [5.74, 6) is -0.686. The Labute approximate surface area is 186 Å². The van der Waals surface area contributed by atoms with Gasteiger partial charge in [-0.15, -0.1) is 0 Å². The maximum absolute atomic E-state index is 14.8. The number of carbonyl (C=O) groups is 1. The highest BCUT2D eigenvalue weighted by Crippen LogP contribution is 2.28. The summed E-state index contributed by atoms with van der Waals surface area (Å²) in [6.07, 6.45) is 0.408. The summed E-state index contributed by atoms with van der Waals surface area (Å²) in [6, 6.07) is 3.38. The summed E-state index contributed by atoms with van der Waals surface area (Å²) in [5.41, 5.74) is 0.639. The van der Waals surface area contributed by atoms with Crippen LogP contribution in [0, 0.1) is 5.82 Å². The minimum Gasteiger partial charge on any atom is -0.481 e. The maximum Gasteiger partial charge on any atom is 0.407 e. The van der Waals surface area contributed by atoms with E-state index in [2.05, 4.69) is 20.2 Å². The summed E-state index contributed by atoms with van der Waals surface area (Å²) in [4.78, 5) is 22.5. The molecule has 32 heavy (non-hydrogen) atoms. The number of ether oxygens (including phenoxy) is 3. The zero-order valence-corrected chi connectivity index (χ0v) is 18.9. The lowest BCUT2D eigenvalue weighted by Gasteiger charge is -2.35. The third kappa shape index (κ3) is 6.24. The van der Waals surface area contributed by atoms with Crippen molar-refractivity contribution in [1.82, 2.24) is 20.2 Å². The molecule has 1 saturated heterocycles. The molecule has 0 saturated carbocycles. The van der Waals surface area contributed by atoms with Gasteiger partial charge < -0.3 is 24.6 Å². The van der Waals surface area contributed by atoms with Crippen LogP contribution in [0.4, 0.5) is 9.18 Å². The number of fused-ring (bicyclic) bond motifs is 1. The van der Waals surface area contributed by atoms with Gasteiger partial charge in [0.05, 0.1) is 43.7 Å². The Morgan fingerprint density at radius 3 is 2.91 bits per heavy atom. The second-order valence-electron chi connectivity index (χ2n) is 8.76. The molecule has 9 nitrogen and oxygen atoms in total. The van der Waals surface area contributed by atoms with Crippen LogP contribution in [0.1, 0.15) is 32.3 Å². The lowest BCUT2D eigenvalue weighted by atomic mass is 9.97. The Morgan fingerprint density at radius 2 is 2.22 bits per heavy atom. The van der Waals surface area contributed by atoms with Crippen molar-refractivity contribution >= 4 is 17.1 Å². The Balaban J connectivity index is 1.69. The number of halogens is 1. The van der Waals surface area contributed by atoms with Crippen molar-refractivity contribution in [2.45, 2.75) is 38.4 Å². The summed E-state index contributed by atoms with van der Waals surface area (Å²) >= 11 is 0. The number of carbonyl (C=O) groups excluding carboxylic acids is 1. The zero-order valence-electron chi connectivity index (χ0n) is 18.9. The predicted molar refractivity (Wildman–Crippen MR) is 116 cm³/mol. The lowest BCUT2D eigenvalue weighted by Crippen LogP contribution is -2.49. The normalized spacial score (nSPS) is 18.4. The van der Waals surface area contributed by atoms with Gasteiger partial charge in [0.25, 0.3) is 0 Å². The first-order chi connectivity index (χ1) is 15.2. The number of morpholine rings is 1. The van der Waals surface area contributed by atoms with Gasteiger partial charge in [-0.2, -0.15) is 0 Å². The Bertz CT molecular complexity index is 936. The van der Waals surface area contributed by atoms with Gasteiger partial charge in [-0.05, 0) is 26.8 Å². The van der Waals surface area contributed by atoms with E-state index >= 15 is 0 Å². The molecule has 1 amide bonds. The van der Waals surface area contributed by atoms with Gasteiger partial charge in [0.15, 0.2) is 0 Å². The molecule has 0 aliphatic carbocycles. The van der Waals surface area contributed by atoms with Crippen LogP contribution in [0.15, 0.2) is 18.3 Å². The van der Waals surface area contributed by atoms with Crippen LogP contribution < -0.4 is 10.1 Å². The van der Waals surface area contributed by atoms with Crippen LogP contribution in [0.25, 0.3) is 11.0 Å². The molecular formula is C22H31FN4O5. The Kier molecular flexibility index (Phi) is 7.81. The second-order valence-corrected chi connectivity index (χ2v) is 8.76. The van der Waals surface area contributed by atoms with Crippen LogP contribution in [0.2, 0.25) is 0 Å². The quantitative estimate of drug-likeness (QED) is 0.661. The molecule has 2 atom stereocenters. The monoisotopic (exact) mass is 450 g/mol. The summed E-state index contributed by atoms with van der Waals surface area (Å²) in [7, 11) is 1.49. The van der Waals surface area contributed by atoms with Crippen molar-refractivity contribution < 1.29 is 28.5 Å². The first-order valence-corrected chi connectivity index (χ1v) is 10.6. The van der Waals surface area contributed by atoms with E-state index in [1.54, 1.807) is 32.9 Å². The van der Waals surface area contributed by atoms with Crippen LogP contribution >= 0.6 is 0 Å². The first kappa shape index (κ1) is 24.1. The molecule has 176 valence electrons. The van der Waals surface area contributed by atoms with Gasteiger partial charge in [0.1, 0.15) is 11.4 Å². The van der Waals surface area contributed by atoms with E-state index in [1.807, 2.05) is 0 Å². The van der Waals surface area contributed by atoms with Crippen molar-refractivity contribution in [3.8, 4) is 5.88 Å². The lowest BCUT2D eigenvalue weighted by molar-refractivity contribution is -0.0316. The fraction of sp³-hybridized carbons (Fsp3) is 0.591. The number of aromatic nitrogens is 2. The highest BCUT2D eigenvalue weighted by molar-refractivity contribution is 5.79. The number of nitrogens with one attached hydrogen (secondary N) is 1. The fourth-order valence-electron chi connectivity index (χ4n) is 3.68. The number of methoxy groups -OCH3 is 1. The van der Waals surface area contributed by atoms with Crippen molar-refractivity contribution in [3.05, 3.63) is 29.7 Å². The standard InChI is InChI=1S/C22H31FN4O5/c1-22(2,3)32-21(29)25-9-15-12-27(7-8-31-15)11-14(13-28)19-16(23)10-24-17-5-6-18(30-4)26-20(17)19/h5-6,10,14-15,28H,7-9,11-13H2,1-4H3,(H,25,29)/t14?,15-/m0/s1. The largest absolute Gasteiger partial charge is 0.481 e. The summed E-state index contributed by atoms with van der Waals surface area (Å²) in [5, 5.41) is 12.8. The van der Waals surface area contributed by atoms with Crippen molar-refractivity contribution in [2.75, 3.05) is 46.5 Å². The number of alkyl carbamates (subject to hydrolysis) is 1. The van der Waals surface area contributed by atoms with Gasteiger partial charge in [0, 0.05) is 43.7 Å². The zero-order chi connectivity index (χ0) is 23.3. The molecule has 1 aliphatic rings. The number of aliphatic hydroxyl groups is 1. The average molecular weight is 451 g/mol. The molecule has 0 spiro atoms. The molecule has 1 aliphatic heterocycles. The van der Waals surface area contributed by atoms with Gasteiger partial charge in [-0.25, -0.2) is 14.2 Å². The van der Waals surface area contributed by atoms with Gasteiger partial charge >= 0.3 is 6.09 Å². The van der Waals surface area contributed by atoms with E-state index < -0.39 is 23.4 Å². The Morgan fingerprint density at radius 1 is 1.44 bits per heavy atom. The number of hydrogen-bond acceptors (Lipinski definition) is 8. The minimum absolute atomic E-state index is 0.243. The number of hydrogen-bond donors (Lipinski definition) is 2. The summed E-state index contributed by atoms with van der Waals surface area (Å²) < 4.78 is 31.0. The van der Waals surface area contributed by atoms with E-state index in [4.69, 9.17) is 14.2 Å². The number of pyridine rings is 2. The van der Waals surface area contributed by atoms with E-state index in [9.17, 15) is 14.3 Å². The topological polar surface area (TPSA) is 106 Å². The minimum atomic E-state index is -0.577. The van der Waals surface area contributed by atoms with Gasteiger partial charge in [-0.3, -0.25) is 9.88 Å². The maximum atomic E-state index is 14.8. The first-order valence-electron chi connectivity index (χ1n) is 10.6. The summed E-state index contributed by atoms with van der Waals surface area (Å²) in [6.45, 7) is 7.44. The highest BCUT2D eigenvalue weighted by atomic mass is 19.1. The third-order valence-electron chi connectivity index (χ3n) is 5.09. The molecule has 0 radical (unpaired) electrons. The van der Waals surface area contributed by atoms with E-state index in [0.717, 1.165) is 6.20 Å². The molecule has 1 unspecified atom stereocenters. The highest BCUT2D eigenvalue weighted by Gasteiger charge is 2.27. The molecule has 1 fully saturated rings. The van der Waals surface area contributed by atoms with Crippen LogP contribution in [-0.2, 0) is 9.47 Å². The number of nitrogens with zero attached hydrogens (tertiary/aromatic N) is 3. The molecule has 3 rings (SSSR count). The van der Waals surface area contributed by atoms with E-state index in [-0.39, 0.29) is 12.7 Å². The second kappa shape index (κ2) is 10.4. The number of rotatable bonds is 7. The molecule has 2 N–H and O–H groups in total. The Hall–Kier alpha value is -2.56. The molecule has 3 heterocycles. The fourth-order valence-corrected chi connectivity index (χ4v) is 3.68. The van der Waals surface area contributed by atoms with E-state index in [1.165, 1.54) is 7.11 Å². The molecular weight excluding hydrogens is 419 g/mol. The predicted octanol–water partition coefficient (Wildman–Crippen LogP) is 2.08. The SMILES string of the molecule is COc1ccc2ncc(F)c(C(CO)CN3CCO[C@@H](CNC(=O)OC(C)(C)C)C3)c2n1. The third-order valence-corrected chi connectivity index (χ3v) is 5.09. The molecule has 2 aromatic heterocycles. The number of aliphatic hydroxyl groups excluding tert-OH is 1. The van der Waals surface area contributed by atoms with Gasteiger partial charge in [0.2, 0.25) is 5.88 Å². The molecule has 10 heteroatoms. The van der Waals surface area contributed by atoms with Crippen molar-refractivity contribution in [3.63, 3.8) is 0 Å². The van der Waals surface area contributed by atoms with Crippen LogP contribution in [0.5, 0.6) is 5.88 Å². The molecule has 0 aromatic carbocycles. The van der Waals surface area contributed by atoms with Crippen molar-refractivity contribution in [2.24, 2.45) is 0 Å². The van der Waals surface area contributed by atoms with Crippen LogP contribution in [0.3, 0.4) is 0 Å². The van der Waals surface area contributed by atoms with Crippen LogP contribution in [-0.4, -0.2) is 84.3 Å². The average Bonchev–Trinajstić information content (AvgIpc) is 2.75. The van der Waals surface area contributed by atoms with Gasteiger partial charge in [-0.1, -0.05) is 0 Å². The van der Waals surface area contributed by atoms with Crippen molar-refractivity contribution in [1.29, 1.82) is 0 Å². The number of amides is 1.